The van der Waals surface area contributed by atoms with E-state index in [4.69, 9.17) is 4.74 Å². The van der Waals surface area contributed by atoms with Crippen LogP contribution in [-0.4, -0.2) is 41.2 Å². The predicted molar refractivity (Wildman–Crippen MR) is 136 cm³/mol. The molecule has 178 valence electrons. The number of piperidine rings is 1. The minimum atomic E-state index is -0.710. The number of hydrogen-bond acceptors (Lipinski definition) is 4. The van der Waals surface area contributed by atoms with Gasteiger partial charge in [-0.3, -0.25) is 9.78 Å². The highest BCUT2D eigenvalue weighted by Crippen LogP contribution is 2.33. The molecule has 3 aromatic rings. The molecule has 2 unspecified atom stereocenters. The fraction of sp³-hybridized carbons (Fsp3) is 0.379. The van der Waals surface area contributed by atoms with Gasteiger partial charge >= 0.3 is 5.97 Å². The number of pyridine rings is 1. The van der Waals surface area contributed by atoms with E-state index in [9.17, 15) is 9.90 Å². The second-order valence-electron chi connectivity index (χ2n) is 9.33. The predicted octanol–water partition coefficient (Wildman–Crippen LogP) is 5.74. The Morgan fingerprint density at radius 3 is 2.76 bits per heavy atom. The van der Waals surface area contributed by atoms with Crippen LogP contribution in [0.25, 0.3) is 10.9 Å². The van der Waals surface area contributed by atoms with Crippen LogP contribution in [0.1, 0.15) is 36.8 Å². The first kappa shape index (κ1) is 23.8. The molecule has 1 N–H and O–H groups in total. The van der Waals surface area contributed by atoms with E-state index in [2.05, 4.69) is 40.7 Å². The summed E-state index contributed by atoms with van der Waals surface area (Å²) in [5.74, 6) is 0.691. The van der Waals surface area contributed by atoms with Crippen LogP contribution >= 0.6 is 0 Å². The van der Waals surface area contributed by atoms with Crippen LogP contribution in [0, 0.1) is 11.8 Å². The number of nitrogens with zero attached hydrogens (tertiary/aromatic N) is 2. The zero-order chi connectivity index (χ0) is 23.9. The summed E-state index contributed by atoms with van der Waals surface area (Å²) in [4.78, 5) is 18.4. The van der Waals surface area contributed by atoms with Crippen molar-refractivity contribution < 1.29 is 14.6 Å². The second kappa shape index (κ2) is 11.2. The number of benzene rings is 2. The van der Waals surface area contributed by atoms with Crippen molar-refractivity contribution in [1.82, 2.24) is 9.88 Å². The topological polar surface area (TPSA) is 62.7 Å². The maximum Gasteiger partial charge on any atom is 0.303 e. The molecule has 0 saturated carbocycles. The molecule has 0 bridgehead atoms. The summed E-state index contributed by atoms with van der Waals surface area (Å²) in [5.41, 5.74) is 4.57. The number of carbonyl (C=O) groups is 1. The van der Waals surface area contributed by atoms with Crippen LogP contribution in [0.4, 0.5) is 0 Å². The van der Waals surface area contributed by atoms with Gasteiger partial charge in [-0.15, -0.1) is 0 Å². The van der Waals surface area contributed by atoms with Crippen molar-refractivity contribution in [3.05, 3.63) is 84.2 Å². The van der Waals surface area contributed by atoms with Gasteiger partial charge in [0.2, 0.25) is 0 Å². The van der Waals surface area contributed by atoms with Gasteiger partial charge < -0.3 is 14.7 Å². The molecule has 1 aliphatic rings. The average molecular weight is 459 g/mol. The van der Waals surface area contributed by atoms with Gasteiger partial charge in [-0.05, 0) is 72.9 Å². The molecular weight excluding hydrogens is 424 g/mol. The van der Waals surface area contributed by atoms with Crippen molar-refractivity contribution in [2.45, 2.75) is 38.5 Å². The van der Waals surface area contributed by atoms with E-state index in [1.54, 1.807) is 7.11 Å². The quantitative estimate of drug-likeness (QED) is 0.420. The van der Waals surface area contributed by atoms with Crippen LogP contribution in [0.3, 0.4) is 0 Å². The number of aromatic nitrogens is 1. The van der Waals surface area contributed by atoms with Gasteiger partial charge in [0.25, 0.3) is 0 Å². The molecule has 1 fully saturated rings. The van der Waals surface area contributed by atoms with Crippen LogP contribution in [0.5, 0.6) is 5.75 Å². The maximum absolute atomic E-state index is 11.6. The molecule has 1 saturated heterocycles. The number of allylic oxidation sites excluding steroid dienone is 1. The lowest BCUT2D eigenvalue weighted by molar-refractivity contribution is -0.139. The first-order chi connectivity index (χ1) is 16.5. The molecule has 0 radical (unpaired) electrons. The normalized spacial score (nSPS) is 18.1. The fourth-order valence-corrected chi connectivity index (χ4v) is 5.23. The Balaban J connectivity index is 1.37. The molecule has 4 rings (SSSR count). The highest BCUT2D eigenvalue weighted by molar-refractivity contribution is 5.83. The molecule has 2 heterocycles. The number of aliphatic carboxylic acids is 1. The summed E-state index contributed by atoms with van der Waals surface area (Å²) in [7, 11) is 1.68. The molecule has 5 nitrogen and oxygen atoms in total. The zero-order valence-corrected chi connectivity index (χ0v) is 20.0. The van der Waals surface area contributed by atoms with Crippen molar-refractivity contribution in [2.24, 2.45) is 11.8 Å². The van der Waals surface area contributed by atoms with E-state index in [0.717, 1.165) is 67.5 Å². The third-order valence-electron chi connectivity index (χ3n) is 7.09. The number of fused-ring (bicyclic) bond motifs is 1. The summed E-state index contributed by atoms with van der Waals surface area (Å²) in [6.07, 6.45) is 6.92. The molecular formula is C29H34N2O3. The zero-order valence-electron chi connectivity index (χ0n) is 20.0. The first-order valence-electron chi connectivity index (χ1n) is 12.1. The molecule has 0 aliphatic carbocycles. The van der Waals surface area contributed by atoms with Crippen molar-refractivity contribution in [3.8, 4) is 5.75 Å². The summed E-state index contributed by atoms with van der Waals surface area (Å²) in [5, 5.41) is 10.7. The van der Waals surface area contributed by atoms with Crippen molar-refractivity contribution >= 4 is 16.9 Å². The Hall–Kier alpha value is -3.34. The average Bonchev–Trinajstić information content (AvgIpc) is 2.85. The molecule has 0 spiro atoms. The minimum Gasteiger partial charge on any atom is -0.497 e. The Morgan fingerprint density at radius 2 is 2.00 bits per heavy atom. The molecule has 5 heteroatoms. The Bertz CT molecular complexity index is 1130. The van der Waals surface area contributed by atoms with Gasteiger partial charge in [0, 0.05) is 36.8 Å². The van der Waals surface area contributed by atoms with E-state index in [0.29, 0.717) is 5.92 Å². The van der Waals surface area contributed by atoms with Crippen molar-refractivity contribution in [2.75, 3.05) is 20.2 Å². The molecule has 1 aliphatic heterocycles. The molecule has 0 amide bonds. The lowest BCUT2D eigenvalue weighted by atomic mass is 9.79. The number of likely N-dealkylation sites (tertiary alicyclic amines) is 1. The van der Waals surface area contributed by atoms with Crippen LogP contribution in [0.15, 0.2) is 73.1 Å². The number of aryl methyl sites for hydroxylation is 1. The SMILES string of the molecule is C=C(Cc1ccccc1)N1CCC(CCCc2ccnc3ccc(OC)cc23)C(CC(=O)O)C1. The fourth-order valence-electron chi connectivity index (χ4n) is 5.23. The summed E-state index contributed by atoms with van der Waals surface area (Å²) in [6.45, 7) is 6.04. The minimum absolute atomic E-state index is 0.146. The largest absolute Gasteiger partial charge is 0.497 e. The van der Waals surface area contributed by atoms with Crippen LogP contribution in [0.2, 0.25) is 0 Å². The van der Waals surface area contributed by atoms with Crippen molar-refractivity contribution in [3.63, 3.8) is 0 Å². The Labute approximate surface area is 202 Å². The highest BCUT2D eigenvalue weighted by Gasteiger charge is 2.31. The van der Waals surface area contributed by atoms with E-state index in [-0.39, 0.29) is 12.3 Å². The lowest BCUT2D eigenvalue weighted by Gasteiger charge is -2.40. The third kappa shape index (κ3) is 5.96. The number of methoxy groups -OCH3 is 1. The van der Waals surface area contributed by atoms with E-state index < -0.39 is 5.97 Å². The standard InChI is InChI=1S/C29H34N2O3/c1-21(17-22-7-4-3-5-8-22)31-16-14-23(25(20-31)18-29(32)33)9-6-10-24-13-15-30-28-12-11-26(34-2)19-27(24)28/h3-5,7-8,11-13,15,19,23,25H,1,6,9-10,14,16-18,20H2,2H3,(H,32,33). The van der Waals surface area contributed by atoms with E-state index in [1.165, 1.54) is 11.1 Å². The van der Waals surface area contributed by atoms with Gasteiger partial charge in [-0.1, -0.05) is 36.9 Å². The summed E-state index contributed by atoms with van der Waals surface area (Å²) < 4.78 is 5.40. The molecule has 2 aromatic carbocycles. The van der Waals surface area contributed by atoms with Gasteiger partial charge in [0.15, 0.2) is 0 Å². The number of carboxylic acids is 1. The third-order valence-corrected chi connectivity index (χ3v) is 7.09. The monoisotopic (exact) mass is 458 g/mol. The molecule has 34 heavy (non-hydrogen) atoms. The second-order valence-corrected chi connectivity index (χ2v) is 9.33. The highest BCUT2D eigenvalue weighted by atomic mass is 16.5. The number of carboxylic acid groups (broad SMARTS) is 1. The lowest BCUT2D eigenvalue weighted by Crippen LogP contribution is -2.41. The summed E-state index contributed by atoms with van der Waals surface area (Å²) in [6, 6.07) is 18.4. The van der Waals surface area contributed by atoms with Crippen molar-refractivity contribution in [1.29, 1.82) is 0 Å². The number of rotatable bonds is 10. The van der Waals surface area contributed by atoms with Gasteiger partial charge in [-0.2, -0.15) is 0 Å². The first-order valence-corrected chi connectivity index (χ1v) is 12.1. The number of ether oxygens (including phenoxy) is 1. The number of hydrogen-bond donors (Lipinski definition) is 1. The van der Waals surface area contributed by atoms with E-state index >= 15 is 0 Å². The van der Waals surface area contributed by atoms with Gasteiger partial charge in [0.1, 0.15) is 5.75 Å². The van der Waals surface area contributed by atoms with Crippen LogP contribution in [-0.2, 0) is 17.6 Å². The van der Waals surface area contributed by atoms with Crippen LogP contribution < -0.4 is 4.74 Å². The molecule has 2 atom stereocenters. The summed E-state index contributed by atoms with van der Waals surface area (Å²) >= 11 is 0. The molecule has 1 aromatic heterocycles. The van der Waals surface area contributed by atoms with Gasteiger partial charge in [0.05, 0.1) is 19.0 Å². The van der Waals surface area contributed by atoms with Gasteiger partial charge in [-0.25, -0.2) is 0 Å². The Kier molecular flexibility index (Phi) is 7.84. The smallest absolute Gasteiger partial charge is 0.303 e. The maximum atomic E-state index is 11.6. The van der Waals surface area contributed by atoms with E-state index in [1.807, 2.05) is 36.5 Å². The Morgan fingerprint density at radius 1 is 1.18 bits per heavy atom.